The molecule has 112 valence electrons. The standard InChI is InChI=1S/C19H26N2/c1-13-11-14(2)18(15(13)3)17-10-8-7-9-16(17)12-20-21-19(4,5)6/h7-11,15H,12H2,1-6H3. The normalized spacial score (nSPS) is 19.5. The number of hydrogen-bond donors (Lipinski definition) is 0. The fraction of sp³-hybridized carbons (Fsp3) is 0.474. The minimum atomic E-state index is -0.108. The van der Waals surface area contributed by atoms with Crippen LogP contribution in [0.1, 0.15) is 52.7 Å². The first-order chi connectivity index (χ1) is 9.79. The lowest BCUT2D eigenvalue weighted by Gasteiger charge is -2.16. The van der Waals surface area contributed by atoms with E-state index < -0.39 is 0 Å². The predicted octanol–water partition coefficient (Wildman–Crippen LogP) is 5.81. The molecule has 0 saturated heterocycles. The molecule has 0 spiro atoms. The maximum atomic E-state index is 4.40. The molecule has 1 aliphatic carbocycles. The van der Waals surface area contributed by atoms with Gasteiger partial charge in [0.2, 0.25) is 0 Å². The zero-order valence-corrected chi connectivity index (χ0v) is 14.1. The van der Waals surface area contributed by atoms with E-state index in [2.05, 4.69) is 82.1 Å². The second-order valence-corrected chi connectivity index (χ2v) is 6.93. The van der Waals surface area contributed by atoms with Gasteiger partial charge >= 0.3 is 0 Å². The Morgan fingerprint density at radius 2 is 1.76 bits per heavy atom. The molecule has 0 aliphatic heterocycles. The van der Waals surface area contributed by atoms with E-state index in [4.69, 9.17) is 0 Å². The Morgan fingerprint density at radius 3 is 2.33 bits per heavy atom. The molecule has 0 amide bonds. The third-order valence-corrected chi connectivity index (χ3v) is 3.90. The zero-order chi connectivity index (χ0) is 15.6. The van der Waals surface area contributed by atoms with E-state index in [1.54, 1.807) is 0 Å². The monoisotopic (exact) mass is 282 g/mol. The van der Waals surface area contributed by atoms with Crippen LogP contribution in [0.2, 0.25) is 0 Å². The first-order valence-corrected chi connectivity index (χ1v) is 7.65. The maximum absolute atomic E-state index is 4.40. The molecular weight excluding hydrogens is 256 g/mol. The van der Waals surface area contributed by atoms with Crippen LogP contribution in [0.15, 0.2) is 51.7 Å². The van der Waals surface area contributed by atoms with Crippen molar-refractivity contribution in [2.24, 2.45) is 16.1 Å². The van der Waals surface area contributed by atoms with Crippen molar-refractivity contribution in [2.45, 2.75) is 53.6 Å². The number of allylic oxidation sites excluding steroid dienone is 4. The quantitative estimate of drug-likeness (QED) is 0.625. The molecule has 1 aromatic carbocycles. The van der Waals surface area contributed by atoms with Crippen LogP contribution in [0.25, 0.3) is 5.57 Å². The Bertz CT molecular complexity index is 613. The van der Waals surface area contributed by atoms with Gasteiger partial charge in [-0.05, 0) is 56.9 Å². The Kier molecular flexibility index (Phi) is 4.46. The summed E-state index contributed by atoms with van der Waals surface area (Å²) in [6.07, 6.45) is 2.30. The molecular formula is C19H26N2. The number of nitrogens with zero attached hydrogens (tertiary/aromatic N) is 2. The Balaban J connectivity index is 2.31. The molecule has 0 radical (unpaired) electrons. The lowest BCUT2D eigenvalue weighted by atomic mass is 9.89. The summed E-state index contributed by atoms with van der Waals surface area (Å²) in [5.41, 5.74) is 6.73. The van der Waals surface area contributed by atoms with Crippen LogP contribution >= 0.6 is 0 Å². The predicted molar refractivity (Wildman–Crippen MR) is 90.3 cm³/mol. The van der Waals surface area contributed by atoms with Crippen LogP contribution in [0.4, 0.5) is 0 Å². The van der Waals surface area contributed by atoms with Gasteiger partial charge in [0.25, 0.3) is 0 Å². The summed E-state index contributed by atoms with van der Waals surface area (Å²) in [4.78, 5) is 0. The molecule has 0 heterocycles. The van der Waals surface area contributed by atoms with Gasteiger partial charge in [0, 0.05) is 5.92 Å². The summed E-state index contributed by atoms with van der Waals surface area (Å²) < 4.78 is 0. The van der Waals surface area contributed by atoms with Gasteiger partial charge in [-0.1, -0.05) is 42.8 Å². The maximum Gasteiger partial charge on any atom is 0.0855 e. The van der Waals surface area contributed by atoms with Crippen molar-refractivity contribution in [3.63, 3.8) is 0 Å². The minimum Gasteiger partial charge on any atom is -0.189 e. The van der Waals surface area contributed by atoms with Gasteiger partial charge in [-0.15, -0.1) is 0 Å². The SMILES string of the molecule is CC1=CC(C)=C(c2ccccc2CN=NC(C)(C)C)C1C. The molecule has 1 unspecified atom stereocenters. The molecule has 0 aromatic heterocycles. The summed E-state index contributed by atoms with van der Waals surface area (Å²) in [6.45, 7) is 13.6. The molecule has 0 fully saturated rings. The Morgan fingerprint density at radius 1 is 1.10 bits per heavy atom. The van der Waals surface area contributed by atoms with Crippen molar-refractivity contribution >= 4 is 5.57 Å². The van der Waals surface area contributed by atoms with Crippen molar-refractivity contribution in [2.75, 3.05) is 0 Å². The fourth-order valence-electron chi connectivity index (χ4n) is 2.80. The van der Waals surface area contributed by atoms with E-state index in [0.717, 1.165) is 0 Å². The molecule has 2 heteroatoms. The van der Waals surface area contributed by atoms with Gasteiger partial charge in [-0.2, -0.15) is 10.2 Å². The topological polar surface area (TPSA) is 24.7 Å². The van der Waals surface area contributed by atoms with Gasteiger partial charge in [-0.3, -0.25) is 0 Å². The van der Waals surface area contributed by atoms with Gasteiger partial charge < -0.3 is 0 Å². The van der Waals surface area contributed by atoms with Crippen LogP contribution in [0, 0.1) is 5.92 Å². The smallest absolute Gasteiger partial charge is 0.0855 e. The number of benzene rings is 1. The van der Waals surface area contributed by atoms with E-state index in [-0.39, 0.29) is 5.54 Å². The molecule has 1 atom stereocenters. The molecule has 1 aromatic rings. The first kappa shape index (κ1) is 15.7. The first-order valence-electron chi connectivity index (χ1n) is 7.65. The van der Waals surface area contributed by atoms with Gasteiger partial charge in [0.1, 0.15) is 0 Å². The average molecular weight is 282 g/mol. The van der Waals surface area contributed by atoms with Crippen molar-refractivity contribution in [3.05, 3.63) is 52.6 Å². The second-order valence-electron chi connectivity index (χ2n) is 6.93. The summed E-state index contributed by atoms with van der Waals surface area (Å²) in [5.74, 6) is 0.491. The highest BCUT2D eigenvalue weighted by molar-refractivity contribution is 5.79. The van der Waals surface area contributed by atoms with E-state index >= 15 is 0 Å². The lowest BCUT2D eigenvalue weighted by Crippen LogP contribution is -2.08. The molecule has 0 bridgehead atoms. The van der Waals surface area contributed by atoms with E-state index in [0.29, 0.717) is 12.5 Å². The third-order valence-electron chi connectivity index (χ3n) is 3.90. The number of hydrogen-bond acceptors (Lipinski definition) is 2. The van der Waals surface area contributed by atoms with Crippen LogP contribution in [-0.4, -0.2) is 5.54 Å². The van der Waals surface area contributed by atoms with Crippen LogP contribution in [0.3, 0.4) is 0 Å². The van der Waals surface area contributed by atoms with Crippen molar-refractivity contribution in [1.82, 2.24) is 0 Å². The fourth-order valence-corrected chi connectivity index (χ4v) is 2.80. The van der Waals surface area contributed by atoms with Gasteiger partial charge in [0.15, 0.2) is 0 Å². The number of azo groups is 1. The summed E-state index contributed by atoms with van der Waals surface area (Å²) in [7, 11) is 0. The van der Waals surface area contributed by atoms with Crippen molar-refractivity contribution in [1.29, 1.82) is 0 Å². The van der Waals surface area contributed by atoms with Crippen LogP contribution < -0.4 is 0 Å². The third kappa shape index (κ3) is 3.69. The van der Waals surface area contributed by atoms with Crippen LogP contribution in [0.5, 0.6) is 0 Å². The highest BCUT2D eigenvalue weighted by atomic mass is 15.1. The van der Waals surface area contributed by atoms with Crippen molar-refractivity contribution < 1.29 is 0 Å². The summed E-state index contributed by atoms with van der Waals surface area (Å²) in [6, 6.07) is 8.57. The Labute approximate surface area is 128 Å². The van der Waals surface area contributed by atoms with Crippen LogP contribution in [-0.2, 0) is 6.54 Å². The summed E-state index contributed by atoms with van der Waals surface area (Å²) in [5, 5.41) is 8.77. The Hall–Kier alpha value is -1.70. The highest BCUT2D eigenvalue weighted by Gasteiger charge is 2.22. The van der Waals surface area contributed by atoms with E-state index in [1.807, 2.05) is 0 Å². The van der Waals surface area contributed by atoms with Gasteiger partial charge in [0.05, 0.1) is 12.1 Å². The number of rotatable bonds is 3. The van der Waals surface area contributed by atoms with Gasteiger partial charge in [-0.25, -0.2) is 0 Å². The molecule has 2 rings (SSSR count). The van der Waals surface area contributed by atoms with Crippen molar-refractivity contribution in [3.8, 4) is 0 Å². The molecule has 1 aliphatic rings. The molecule has 0 N–H and O–H groups in total. The lowest BCUT2D eigenvalue weighted by molar-refractivity contribution is 0.537. The average Bonchev–Trinajstić information content (AvgIpc) is 2.63. The molecule has 21 heavy (non-hydrogen) atoms. The zero-order valence-electron chi connectivity index (χ0n) is 14.1. The second kappa shape index (κ2) is 5.97. The molecule has 0 saturated carbocycles. The van der Waals surface area contributed by atoms with E-state index in [9.17, 15) is 0 Å². The summed E-state index contributed by atoms with van der Waals surface area (Å²) >= 11 is 0. The molecule has 2 nitrogen and oxygen atoms in total. The minimum absolute atomic E-state index is 0.108. The van der Waals surface area contributed by atoms with E-state index in [1.165, 1.54) is 27.8 Å². The highest BCUT2D eigenvalue weighted by Crippen LogP contribution is 2.39. The largest absolute Gasteiger partial charge is 0.189 e.